The van der Waals surface area contributed by atoms with Crippen LogP contribution in [-0.4, -0.2) is 34.9 Å². The highest BCUT2D eigenvalue weighted by molar-refractivity contribution is 7.13. The standard InChI is InChI=1S/C12H20N4OS.2ClH/c1-8-5-16(4-3-11(8)13)6-10-7-18-12(15-10)14-9(2)17;;/h7-8,11H,3-6,13H2,1-2H3,(H,14,15,17);2*1H. The van der Waals surface area contributed by atoms with Gasteiger partial charge in [0.15, 0.2) is 5.13 Å². The summed E-state index contributed by atoms with van der Waals surface area (Å²) < 4.78 is 0. The van der Waals surface area contributed by atoms with E-state index in [9.17, 15) is 4.79 Å². The lowest BCUT2D eigenvalue weighted by Crippen LogP contribution is -2.45. The van der Waals surface area contributed by atoms with Crippen molar-refractivity contribution < 1.29 is 4.79 Å². The maximum absolute atomic E-state index is 10.9. The van der Waals surface area contributed by atoms with Crippen LogP contribution in [-0.2, 0) is 11.3 Å². The number of nitrogens with zero attached hydrogens (tertiary/aromatic N) is 2. The molecule has 1 amide bonds. The first-order chi connectivity index (χ1) is 8.54. The second-order valence-corrected chi connectivity index (χ2v) is 5.85. The van der Waals surface area contributed by atoms with Crippen molar-refractivity contribution in [3.8, 4) is 0 Å². The van der Waals surface area contributed by atoms with E-state index in [1.807, 2.05) is 5.38 Å². The molecule has 8 heteroatoms. The van der Waals surface area contributed by atoms with Gasteiger partial charge >= 0.3 is 0 Å². The molecule has 0 spiro atoms. The van der Waals surface area contributed by atoms with Gasteiger partial charge in [-0.15, -0.1) is 36.2 Å². The number of aromatic nitrogens is 1. The Kier molecular flexibility index (Phi) is 8.62. The molecule has 0 saturated carbocycles. The SMILES string of the molecule is CC(=O)Nc1nc(CN2CCC(N)C(C)C2)cs1.Cl.Cl. The zero-order valence-electron chi connectivity index (χ0n) is 11.7. The molecule has 1 saturated heterocycles. The molecule has 2 heterocycles. The van der Waals surface area contributed by atoms with Crippen LogP contribution in [0, 0.1) is 5.92 Å². The number of thiazole rings is 1. The maximum Gasteiger partial charge on any atom is 0.223 e. The molecule has 2 unspecified atom stereocenters. The molecule has 1 aliphatic heterocycles. The molecule has 1 aliphatic rings. The lowest BCUT2D eigenvalue weighted by Gasteiger charge is -2.34. The van der Waals surface area contributed by atoms with E-state index >= 15 is 0 Å². The van der Waals surface area contributed by atoms with Crippen LogP contribution >= 0.6 is 36.2 Å². The molecule has 2 rings (SSSR count). The first-order valence-corrected chi connectivity index (χ1v) is 7.12. The third-order valence-corrected chi connectivity index (χ3v) is 4.08. The molecular weight excluding hydrogens is 319 g/mol. The maximum atomic E-state index is 10.9. The number of piperidine rings is 1. The minimum atomic E-state index is -0.0755. The molecule has 2 atom stereocenters. The van der Waals surface area contributed by atoms with Gasteiger partial charge in [0.05, 0.1) is 5.69 Å². The number of halogens is 2. The van der Waals surface area contributed by atoms with Gasteiger partial charge in [0.1, 0.15) is 0 Å². The van der Waals surface area contributed by atoms with E-state index in [2.05, 4.69) is 22.1 Å². The summed E-state index contributed by atoms with van der Waals surface area (Å²) in [5, 5.41) is 5.39. The second kappa shape index (κ2) is 8.79. The number of rotatable bonds is 3. The third-order valence-electron chi connectivity index (χ3n) is 3.28. The van der Waals surface area contributed by atoms with Gasteiger partial charge in [0, 0.05) is 38.0 Å². The smallest absolute Gasteiger partial charge is 0.223 e. The van der Waals surface area contributed by atoms with Gasteiger partial charge in [-0.3, -0.25) is 9.69 Å². The number of carbonyl (C=O) groups is 1. The Morgan fingerprint density at radius 2 is 2.30 bits per heavy atom. The lowest BCUT2D eigenvalue weighted by molar-refractivity contribution is -0.114. The zero-order chi connectivity index (χ0) is 13.1. The van der Waals surface area contributed by atoms with E-state index in [1.165, 1.54) is 18.3 Å². The highest BCUT2D eigenvalue weighted by Crippen LogP contribution is 2.20. The number of anilines is 1. The van der Waals surface area contributed by atoms with Crippen LogP contribution in [0.1, 0.15) is 26.0 Å². The average Bonchev–Trinajstić information content (AvgIpc) is 2.70. The van der Waals surface area contributed by atoms with E-state index < -0.39 is 0 Å². The molecule has 1 aromatic rings. The number of nitrogens with two attached hydrogens (primary N) is 1. The van der Waals surface area contributed by atoms with Gasteiger partial charge in [0.25, 0.3) is 0 Å². The van der Waals surface area contributed by atoms with E-state index in [-0.39, 0.29) is 30.7 Å². The van der Waals surface area contributed by atoms with Crippen molar-refractivity contribution in [1.82, 2.24) is 9.88 Å². The quantitative estimate of drug-likeness (QED) is 0.883. The summed E-state index contributed by atoms with van der Waals surface area (Å²) in [4.78, 5) is 17.7. The minimum absolute atomic E-state index is 0. The third kappa shape index (κ3) is 5.54. The largest absolute Gasteiger partial charge is 0.327 e. The van der Waals surface area contributed by atoms with Crippen molar-refractivity contribution in [1.29, 1.82) is 0 Å². The fourth-order valence-electron chi connectivity index (χ4n) is 2.21. The zero-order valence-corrected chi connectivity index (χ0v) is 14.1. The molecule has 3 N–H and O–H groups in total. The summed E-state index contributed by atoms with van der Waals surface area (Å²) in [6.07, 6.45) is 1.05. The summed E-state index contributed by atoms with van der Waals surface area (Å²) in [6.45, 7) is 6.58. The van der Waals surface area contributed by atoms with Crippen molar-refractivity contribution in [3.63, 3.8) is 0 Å². The van der Waals surface area contributed by atoms with Crippen molar-refractivity contribution in [2.45, 2.75) is 32.9 Å². The highest BCUT2D eigenvalue weighted by Gasteiger charge is 2.23. The van der Waals surface area contributed by atoms with Crippen LogP contribution in [0.2, 0.25) is 0 Å². The van der Waals surface area contributed by atoms with Crippen LogP contribution in [0.3, 0.4) is 0 Å². The summed E-state index contributed by atoms with van der Waals surface area (Å²) >= 11 is 1.47. The molecule has 1 fully saturated rings. The monoisotopic (exact) mass is 340 g/mol. The van der Waals surface area contributed by atoms with Crippen molar-refractivity contribution >= 4 is 47.2 Å². The van der Waals surface area contributed by atoms with Gasteiger partial charge in [-0.1, -0.05) is 6.92 Å². The number of hydrogen-bond donors (Lipinski definition) is 2. The van der Waals surface area contributed by atoms with Crippen LogP contribution < -0.4 is 11.1 Å². The van der Waals surface area contributed by atoms with Gasteiger partial charge in [-0.05, 0) is 12.3 Å². The Labute approximate surface area is 136 Å². The average molecular weight is 341 g/mol. The summed E-state index contributed by atoms with van der Waals surface area (Å²) in [5.41, 5.74) is 7.02. The Bertz CT molecular complexity index is 429. The summed E-state index contributed by atoms with van der Waals surface area (Å²) in [5.74, 6) is 0.459. The van der Waals surface area contributed by atoms with Crippen LogP contribution in [0.5, 0.6) is 0 Å². The van der Waals surface area contributed by atoms with Gasteiger partial charge in [-0.2, -0.15) is 0 Å². The van der Waals surface area contributed by atoms with Crippen LogP contribution in [0.25, 0.3) is 0 Å². The number of carbonyl (C=O) groups excluding carboxylic acids is 1. The molecule has 20 heavy (non-hydrogen) atoms. The lowest BCUT2D eigenvalue weighted by atomic mass is 9.95. The summed E-state index contributed by atoms with van der Waals surface area (Å²) in [7, 11) is 0. The van der Waals surface area contributed by atoms with E-state index in [1.54, 1.807) is 0 Å². The number of nitrogens with one attached hydrogen (secondary N) is 1. The van der Waals surface area contributed by atoms with Gasteiger partial charge < -0.3 is 11.1 Å². The molecule has 116 valence electrons. The predicted molar refractivity (Wildman–Crippen MR) is 87.9 cm³/mol. The molecular formula is C12H22Cl2N4OS. The number of likely N-dealkylation sites (tertiary alicyclic amines) is 1. The van der Waals surface area contributed by atoms with Crippen LogP contribution in [0.15, 0.2) is 5.38 Å². The van der Waals surface area contributed by atoms with E-state index in [0.29, 0.717) is 17.1 Å². The van der Waals surface area contributed by atoms with Crippen molar-refractivity contribution in [3.05, 3.63) is 11.1 Å². The van der Waals surface area contributed by atoms with Gasteiger partial charge in [-0.25, -0.2) is 4.98 Å². The molecule has 0 bridgehead atoms. The Balaban J connectivity index is 0.00000180. The fraction of sp³-hybridized carbons (Fsp3) is 0.667. The van der Waals surface area contributed by atoms with Crippen molar-refractivity contribution in [2.75, 3.05) is 18.4 Å². The van der Waals surface area contributed by atoms with E-state index in [0.717, 1.165) is 31.7 Å². The Morgan fingerprint density at radius 1 is 1.60 bits per heavy atom. The van der Waals surface area contributed by atoms with Crippen molar-refractivity contribution in [2.24, 2.45) is 11.7 Å². The number of amides is 1. The molecule has 1 aromatic heterocycles. The molecule has 5 nitrogen and oxygen atoms in total. The minimum Gasteiger partial charge on any atom is -0.327 e. The topological polar surface area (TPSA) is 71.2 Å². The molecule has 0 radical (unpaired) electrons. The Hall–Kier alpha value is -0.400. The fourth-order valence-corrected chi connectivity index (χ4v) is 2.96. The first kappa shape index (κ1) is 19.6. The van der Waals surface area contributed by atoms with Crippen LogP contribution in [0.4, 0.5) is 5.13 Å². The molecule has 0 aromatic carbocycles. The predicted octanol–water partition coefficient (Wildman–Crippen LogP) is 2.11. The number of hydrogen-bond acceptors (Lipinski definition) is 5. The van der Waals surface area contributed by atoms with E-state index in [4.69, 9.17) is 5.73 Å². The normalized spacial score (nSPS) is 22.6. The van der Waals surface area contributed by atoms with Gasteiger partial charge in [0.2, 0.25) is 5.91 Å². The summed E-state index contributed by atoms with van der Waals surface area (Å²) in [6, 6.07) is 0.326. The first-order valence-electron chi connectivity index (χ1n) is 6.24. The molecule has 0 aliphatic carbocycles. The highest BCUT2D eigenvalue weighted by atomic mass is 35.5. The second-order valence-electron chi connectivity index (χ2n) is 4.99. The Morgan fingerprint density at radius 3 is 2.90 bits per heavy atom.